The Balaban J connectivity index is 3.20. The Bertz CT molecular complexity index is 385. The molecule has 1 N–H and O–H groups in total. The maximum atomic E-state index is 9.27. The number of aliphatic hydroxyl groups is 1. The zero-order valence-electron chi connectivity index (χ0n) is 12.7. The zero-order chi connectivity index (χ0) is 13.9. The molecule has 1 nitrogen and oxygen atoms in total. The normalized spacial score (nSPS) is 14.0. The minimum Gasteiger partial charge on any atom is -0.396 e. The lowest BCUT2D eigenvalue weighted by atomic mass is 9.79. The Morgan fingerprint density at radius 2 is 1.78 bits per heavy atom. The van der Waals surface area contributed by atoms with Gasteiger partial charge in [0.05, 0.1) is 0 Å². The molecule has 1 aromatic rings. The smallest absolute Gasteiger partial charge is 0.0436 e. The minimum absolute atomic E-state index is 0.184. The third-order valence-electron chi connectivity index (χ3n) is 3.79. The second-order valence-corrected chi connectivity index (χ2v) is 6.68. The van der Waals surface area contributed by atoms with E-state index in [-0.39, 0.29) is 12.0 Å². The molecule has 1 heteroatoms. The van der Waals surface area contributed by atoms with Crippen molar-refractivity contribution >= 4 is 0 Å². The van der Waals surface area contributed by atoms with Gasteiger partial charge in [0.1, 0.15) is 0 Å². The molecule has 1 unspecified atom stereocenters. The molecule has 0 aliphatic carbocycles. The lowest BCUT2D eigenvalue weighted by Gasteiger charge is -2.26. The van der Waals surface area contributed by atoms with Crippen LogP contribution in [0.3, 0.4) is 0 Å². The van der Waals surface area contributed by atoms with Crippen LogP contribution in [0.25, 0.3) is 0 Å². The maximum absolute atomic E-state index is 9.27. The number of hydrogen-bond donors (Lipinski definition) is 1. The summed E-state index contributed by atoms with van der Waals surface area (Å²) >= 11 is 0. The average molecular weight is 248 g/mol. The van der Waals surface area contributed by atoms with Crippen LogP contribution in [0.15, 0.2) is 18.2 Å². The quantitative estimate of drug-likeness (QED) is 0.836. The third kappa shape index (κ3) is 3.58. The number of aryl methyl sites for hydroxylation is 1. The highest BCUT2D eigenvalue weighted by atomic mass is 16.3. The van der Waals surface area contributed by atoms with Gasteiger partial charge in [-0.2, -0.15) is 0 Å². The van der Waals surface area contributed by atoms with E-state index in [0.29, 0.717) is 11.8 Å². The van der Waals surface area contributed by atoms with Crippen LogP contribution in [0, 0.1) is 12.8 Å². The summed E-state index contributed by atoms with van der Waals surface area (Å²) in [6.07, 6.45) is 0.853. The summed E-state index contributed by atoms with van der Waals surface area (Å²) in [5, 5.41) is 9.27. The van der Waals surface area contributed by atoms with E-state index in [1.165, 1.54) is 16.7 Å². The molecular weight excluding hydrogens is 220 g/mol. The monoisotopic (exact) mass is 248 g/mol. The van der Waals surface area contributed by atoms with Gasteiger partial charge in [0.15, 0.2) is 0 Å². The molecule has 0 heterocycles. The first-order chi connectivity index (χ1) is 8.27. The van der Waals surface area contributed by atoms with Gasteiger partial charge < -0.3 is 5.11 Å². The molecular formula is C17H28O. The molecule has 0 radical (unpaired) electrons. The summed E-state index contributed by atoms with van der Waals surface area (Å²) in [4.78, 5) is 0. The molecule has 0 saturated heterocycles. The van der Waals surface area contributed by atoms with Gasteiger partial charge in [-0.3, -0.25) is 0 Å². The van der Waals surface area contributed by atoms with Gasteiger partial charge in [-0.05, 0) is 47.3 Å². The summed E-state index contributed by atoms with van der Waals surface area (Å²) in [5.41, 5.74) is 4.32. The van der Waals surface area contributed by atoms with Crippen LogP contribution in [0.5, 0.6) is 0 Å². The van der Waals surface area contributed by atoms with E-state index >= 15 is 0 Å². The van der Waals surface area contributed by atoms with Crippen molar-refractivity contribution in [1.82, 2.24) is 0 Å². The van der Waals surface area contributed by atoms with Crippen LogP contribution >= 0.6 is 0 Å². The second kappa shape index (κ2) is 5.88. The van der Waals surface area contributed by atoms with Crippen molar-refractivity contribution in [2.45, 2.75) is 59.3 Å². The topological polar surface area (TPSA) is 20.2 Å². The van der Waals surface area contributed by atoms with E-state index < -0.39 is 0 Å². The van der Waals surface area contributed by atoms with Crippen molar-refractivity contribution in [2.24, 2.45) is 5.92 Å². The van der Waals surface area contributed by atoms with Crippen molar-refractivity contribution in [3.63, 3.8) is 0 Å². The van der Waals surface area contributed by atoms with Crippen molar-refractivity contribution in [1.29, 1.82) is 0 Å². The molecule has 0 aliphatic rings. The summed E-state index contributed by atoms with van der Waals surface area (Å²) < 4.78 is 0. The molecule has 0 fully saturated rings. The van der Waals surface area contributed by atoms with Crippen LogP contribution in [0.4, 0.5) is 0 Å². The van der Waals surface area contributed by atoms with E-state index in [9.17, 15) is 5.11 Å². The number of benzene rings is 1. The van der Waals surface area contributed by atoms with Crippen molar-refractivity contribution < 1.29 is 5.11 Å². The van der Waals surface area contributed by atoms with Crippen LogP contribution in [0.1, 0.15) is 63.6 Å². The molecule has 1 rings (SSSR count). The van der Waals surface area contributed by atoms with Gasteiger partial charge in [-0.1, -0.05) is 52.8 Å². The van der Waals surface area contributed by atoms with Crippen LogP contribution in [-0.2, 0) is 5.41 Å². The molecule has 1 aromatic carbocycles. The van der Waals surface area contributed by atoms with Crippen LogP contribution < -0.4 is 0 Å². The number of aliphatic hydroxyl groups excluding tert-OH is 1. The second-order valence-electron chi connectivity index (χ2n) is 6.68. The number of rotatable bonds is 4. The standard InChI is InChI=1S/C17H28O/c1-12(2)15(9-10-18)16-11-14(17(4,5)6)8-7-13(16)3/h7-8,11-12,15,18H,9-10H2,1-6H3. The Hall–Kier alpha value is -0.820. The van der Waals surface area contributed by atoms with E-state index in [0.717, 1.165) is 6.42 Å². The molecule has 0 bridgehead atoms. The largest absolute Gasteiger partial charge is 0.396 e. The van der Waals surface area contributed by atoms with Gasteiger partial charge in [-0.25, -0.2) is 0 Å². The Morgan fingerprint density at radius 1 is 1.17 bits per heavy atom. The fourth-order valence-electron chi connectivity index (χ4n) is 2.49. The van der Waals surface area contributed by atoms with Crippen molar-refractivity contribution in [3.05, 3.63) is 34.9 Å². The van der Waals surface area contributed by atoms with Crippen molar-refractivity contribution in [3.8, 4) is 0 Å². The average Bonchev–Trinajstić information content (AvgIpc) is 2.25. The lowest BCUT2D eigenvalue weighted by Crippen LogP contribution is -2.15. The SMILES string of the molecule is Cc1ccc(C(C)(C)C)cc1C(CCO)C(C)C. The minimum atomic E-state index is 0.184. The summed E-state index contributed by atoms with van der Waals surface area (Å²) in [7, 11) is 0. The van der Waals surface area contributed by atoms with E-state index in [1.807, 2.05) is 0 Å². The molecule has 102 valence electrons. The Labute approximate surface area is 112 Å². The molecule has 1 atom stereocenters. The number of hydrogen-bond acceptors (Lipinski definition) is 1. The van der Waals surface area contributed by atoms with E-state index in [4.69, 9.17) is 0 Å². The van der Waals surface area contributed by atoms with Crippen molar-refractivity contribution in [2.75, 3.05) is 6.61 Å². The molecule has 0 saturated carbocycles. The molecule has 18 heavy (non-hydrogen) atoms. The van der Waals surface area contributed by atoms with Gasteiger partial charge in [-0.15, -0.1) is 0 Å². The molecule has 0 aliphatic heterocycles. The molecule has 0 spiro atoms. The first-order valence-corrected chi connectivity index (χ1v) is 6.99. The molecule has 0 aromatic heterocycles. The first kappa shape index (κ1) is 15.2. The lowest BCUT2D eigenvalue weighted by molar-refractivity contribution is 0.261. The highest BCUT2D eigenvalue weighted by Crippen LogP contribution is 2.33. The first-order valence-electron chi connectivity index (χ1n) is 6.99. The zero-order valence-corrected chi connectivity index (χ0v) is 12.7. The van der Waals surface area contributed by atoms with Crippen LogP contribution in [-0.4, -0.2) is 11.7 Å². The highest BCUT2D eigenvalue weighted by Gasteiger charge is 2.20. The van der Waals surface area contributed by atoms with Gasteiger partial charge in [0.25, 0.3) is 0 Å². The van der Waals surface area contributed by atoms with E-state index in [1.54, 1.807) is 0 Å². The predicted molar refractivity (Wildman–Crippen MR) is 79.2 cm³/mol. The predicted octanol–water partition coefficient (Wildman–Crippen LogP) is 4.41. The summed E-state index contributed by atoms with van der Waals surface area (Å²) in [6, 6.07) is 6.80. The Kier molecular flexibility index (Phi) is 4.98. The van der Waals surface area contributed by atoms with Gasteiger partial charge in [0, 0.05) is 6.61 Å². The fourth-order valence-corrected chi connectivity index (χ4v) is 2.49. The van der Waals surface area contributed by atoms with Gasteiger partial charge in [0.2, 0.25) is 0 Å². The summed E-state index contributed by atoms with van der Waals surface area (Å²) in [5.74, 6) is 1.02. The van der Waals surface area contributed by atoms with E-state index in [2.05, 4.69) is 59.7 Å². The van der Waals surface area contributed by atoms with Gasteiger partial charge >= 0.3 is 0 Å². The highest BCUT2D eigenvalue weighted by molar-refractivity contribution is 5.37. The molecule has 0 amide bonds. The fraction of sp³-hybridized carbons (Fsp3) is 0.647. The summed E-state index contributed by atoms with van der Waals surface area (Å²) in [6.45, 7) is 13.7. The third-order valence-corrected chi connectivity index (χ3v) is 3.79. The maximum Gasteiger partial charge on any atom is 0.0436 e. The Morgan fingerprint density at radius 3 is 2.22 bits per heavy atom. The van der Waals surface area contributed by atoms with Crippen LogP contribution in [0.2, 0.25) is 0 Å².